The minimum absolute atomic E-state index is 0.0684. The summed E-state index contributed by atoms with van der Waals surface area (Å²) in [6.07, 6.45) is 3.21. The Kier molecular flexibility index (Phi) is 7.73. The molecule has 29 heavy (non-hydrogen) atoms. The largest absolute Gasteiger partial charge is 0.459 e. The molecule has 160 valence electrons. The minimum Gasteiger partial charge on any atom is -0.459 e. The summed E-state index contributed by atoms with van der Waals surface area (Å²) in [4.78, 5) is 16.7. The highest BCUT2D eigenvalue weighted by atomic mass is 32.2. The van der Waals surface area contributed by atoms with Gasteiger partial charge in [0.2, 0.25) is 0 Å². The van der Waals surface area contributed by atoms with Crippen LogP contribution in [0.15, 0.2) is 41.0 Å². The molecule has 2 aromatic rings. The quantitative estimate of drug-likeness (QED) is 0.540. The molecule has 0 unspecified atom stereocenters. The summed E-state index contributed by atoms with van der Waals surface area (Å²) in [5.74, 6) is 0.232. The van der Waals surface area contributed by atoms with Gasteiger partial charge in [0, 0.05) is 36.4 Å². The molecule has 0 radical (unpaired) electrons. The molecule has 0 aliphatic rings. The fourth-order valence-corrected chi connectivity index (χ4v) is 3.55. The number of hydrogen-bond acceptors (Lipinski definition) is 6. The summed E-state index contributed by atoms with van der Waals surface area (Å²) >= 11 is 0. The van der Waals surface area contributed by atoms with E-state index in [1.165, 1.54) is 6.26 Å². The zero-order chi connectivity index (χ0) is 21.6. The van der Waals surface area contributed by atoms with Crippen LogP contribution in [0.5, 0.6) is 5.75 Å². The monoisotopic (exact) mass is 422 g/mol. The molecule has 0 aliphatic carbocycles. The molecule has 1 atom stereocenters. The normalized spacial score (nSPS) is 12.4. The number of rotatable bonds is 10. The molecule has 0 N–H and O–H groups in total. The van der Waals surface area contributed by atoms with E-state index in [9.17, 15) is 13.2 Å². The zero-order valence-electron chi connectivity index (χ0n) is 17.7. The third-order valence-corrected chi connectivity index (χ3v) is 5.36. The second-order valence-corrected chi connectivity index (χ2v) is 8.49. The summed E-state index contributed by atoms with van der Waals surface area (Å²) in [5, 5.41) is 0. The van der Waals surface area contributed by atoms with E-state index < -0.39 is 10.1 Å². The van der Waals surface area contributed by atoms with Crippen molar-refractivity contribution >= 4 is 21.7 Å². The number of hydrogen-bond donors (Lipinski definition) is 0. The van der Waals surface area contributed by atoms with Crippen LogP contribution in [0.3, 0.4) is 0 Å². The zero-order valence-corrected chi connectivity index (χ0v) is 18.5. The highest BCUT2D eigenvalue weighted by molar-refractivity contribution is 7.86. The Morgan fingerprint density at radius 2 is 1.86 bits per heavy atom. The Bertz CT molecular complexity index is 905. The number of furan rings is 1. The van der Waals surface area contributed by atoms with Gasteiger partial charge in [-0.3, -0.25) is 4.79 Å². The number of benzene rings is 1. The van der Waals surface area contributed by atoms with E-state index in [4.69, 9.17) is 8.60 Å². The van der Waals surface area contributed by atoms with Gasteiger partial charge in [-0.1, -0.05) is 13.0 Å². The van der Waals surface area contributed by atoms with Crippen molar-refractivity contribution < 1.29 is 21.8 Å². The second-order valence-electron chi connectivity index (χ2n) is 6.92. The van der Waals surface area contributed by atoms with Gasteiger partial charge in [0.1, 0.15) is 5.75 Å². The summed E-state index contributed by atoms with van der Waals surface area (Å²) in [7, 11) is -3.72. The van der Waals surface area contributed by atoms with Crippen molar-refractivity contribution in [3.63, 3.8) is 0 Å². The van der Waals surface area contributed by atoms with Crippen molar-refractivity contribution in [3.8, 4) is 5.75 Å². The molecular formula is C21H30N2O5S. The molecule has 0 saturated heterocycles. The van der Waals surface area contributed by atoms with Crippen LogP contribution in [-0.2, 0) is 16.7 Å². The van der Waals surface area contributed by atoms with Crippen LogP contribution >= 0.6 is 0 Å². The molecule has 0 fully saturated rings. The average Bonchev–Trinajstić information content (AvgIpc) is 3.21. The maximum Gasteiger partial charge on any atom is 0.306 e. The van der Waals surface area contributed by atoms with Crippen LogP contribution in [0.4, 0.5) is 5.69 Å². The molecule has 0 saturated carbocycles. The number of carbonyl (C=O) groups is 1. The summed E-state index contributed by atoms with van der Waals surface area (Å²) in [6.45, 7) is 9.77. The predicted octanol–water partition coefficient (Wildman–Crippen LogP) is 3.91. The van der Waals surface area contributed by atoms with Gasteiger partial charge in [0.15, 0.2) is 5.76 Å². The molecule has 1 aromatic carbocycles. The number of anilines is 1. The lowest BCUT2D eigenvalue weighted by molar-refractivity contribution is 0.0638. The fourth-order valence-electron chi connectivity index (χ4n) is 3.07. The van der Waals surface area contributed by atoms with E-state index in [-0.39, 0.29) is 30.0 Å². The van der Waals surface area contributed by atoms with Gasteiger partial charge < -0.3 is 18.4 Å². The Morgan fingerprint density at radius 3 is 2.38 bits per heavy atom. The molecule has 0 spiro atoms. The third kappa shape index (κ3) is 6.00. The van der Waals surface area contributed by atoms with Gasteiger partial charge in [0.05, 0.1) is 19.1 Å². The van der Waals surface area contributed by atoms with Crippen LogP contribution in [0, 0.1) is 0 Å². The Balaban J connectivity index is 2.45. The number of amides is 1. The fraction of sp³-hybridized carbons (Fsp3) is 0.476. The first kappa shape index (κ1) is 22.8. The van der Waals surface area contributed by atoms with E-state index in [1.54, 1.807) is 23.1 Å². The SMILES string of the molecule is CC[C@H](C)N(Cc1ccc(N(CC)CC)cc1OS(C)(=O)=O)C(=O)c1ccco1. The summed E-state index contributed by atoms with van der Waals surface area (Å²) in [5.41, 5.74) is 1.48. The number of nitrogens with zero attached hydrogens (tertiary/aromatic N) is 2. The van der Waals surface area contributed by atoms with Gasteiger partial charge in [0.25, 0.3) is 5.91 Å². The molecule has 2 rings (SSSR count). The van der Waals surface area contributed by atoms with Gasteiger partial charge in [-0.25, -0.2) is 0 Å². The highest BCUT2D eigenvalue weighted by Gasteiger charge is 2.25. The second kappa shape index (κ2) is 9.82. The summed E-state index contributed by atoms with van der Waals surface area (Å²) in [6, 6.07) is 8.67. The third-order valence-electron chi connectivity index (χ3n) is 4.88. The van der Waals surface area contributed by atoms with Gasteiger partial charge in [-0.15, -0.1) is 0 Å². The van der Waals surface area contributed by atoms with Crippen LogP contribution < -0.4 is 9.08 Å². The predicted molar refractivity (Wildman–Crippen MR) is 114 cm³/mol. The maximum absolute atomic E-state index is 12.9. The van der Waals surface area contributed by atoms with Crippen molar-refractivity contribution in [3.05, 3.63) is 47.9 Å². The van der Waals surface area contributed by atoms with Gasteiger partial charge in [-0.05, 0) is 45.4 Å². The Morgan fingerprint density at radius 1 is 1.17 bits per heavy atom. The smallest absolute Gasteiger partial charge is 0.306 e. The van der Waals surface area contributed by atoms with E-state index in [2.05, 4.69) is 4.90 Å². The molecule has 1 heterocycles. The lowest BCUT2D eigenvalue weighted by atomic mass is 10.1. The first-order valence-corrected chi connectivity index (χ1v) is 11.6. The van der Waals surface area contributed by atoms with Crippen LogP contribution in [0.2, 0.25) is 0 Å². The number of carbonyl (C=O) groups excluding carboxylic acids is 1. The Hall–Kier alpha value is -2.48. The topological polar surface area (TPSA) is 80.1 Å². The first-order chi connectivity index (χ1) is 13.7. The van der Waals surface area contributed by atoms with Crippen molar-refractivity contribution in [2.75, 3.05) is 24.2 Å². The van der Waals surface area contributed by atoms with Crippen molar-refractivity contribution in [2.45, 2.75) is 46.7 Å². The molecule has 7 nitrogen and oxygen atoms in total. The molecule has 0 aliphatic heterocycles. The van der Waals surface area contributed by atoms with E-state index in [0.29, 0.717) is 5.56 Å². The molecule has 1 aromatic heterocycles. The van der Waals surface area contributed by atoms with E-state index in [0.717, 1.165) is 31.5 Å². The average molecular weight is 423 g/mol. The van der Waals surface area contributed by atoms with Crippen LogP contribution in [-0.4, -0.2) is 44.6 Å². The van der Waals surface area contributed by atoms with Crippen LogP contribution in [0.25, 0.3) is 0 Å². The van der Waals surface area contributed by atoms with Crippen molar-refractivity contribution in [2.24, 2.45) is 0 Å². The lowest BCUT2D eigenvalue weighted by Crippen LogP contribution is -2.37. The minimum atomic E-state index is -3.72. The highest BCUT2D eigenvalue weighted by Crippen LogP contribution is 2.29. The van der Waals surface area contributed by atoms with Gasteiger partial charge in [-0.2, -0.15) is 8.42 Å². The van der Waals surface area contributed by atoms with Crippen LogP contribution in [0.1, 0.15) is 50.2 Å². The molecule has 1 amide bonds. The molecular weight excluding hydrogens is 392 g/mol. The van der Waals surface area contributed by atoms with Gasteiger partial charge >= 0.3 is 10.1 Å². The molecule has 0 bridgehead atoms. The summed E-state index contributed by atoms with van der Waals surface area (Å²) < 4.78 is 34.2. The van der Waals surface area contributed by atoms with Crippen molar-refractivity contribution in [1.82, 2.24) is 4.90 Å². The Labute approximate surface area is 173 Å². The standard InChI is InChI=1S/C21H30N2O5S/c1-6-16(4)23(21(24)19-10-9-13-27-19)15-17-11-12-18(22(7-2)8-3)14-20(17)28-29(5,25)26/h9-14,16H,6-8,15H2,1-5H3/t16-/m0/s1. The molecule has 8 heteroatoms. The lowest BCUT2D eigenvalue weighted by Gasteiger charge is -2.29. The van der Waals surface area contributed by atoms with E-state index >= 15 is 0 Å². The first-order valence-electron chi connectivity index (χ1n) is 9.81. The van der Waals surface area contributed by atoms with E-state index in [1.807, 2.05) is 39.8 Å². The van der Waals surface area contributed by atoms with Crippen molar-refractivity contribution in [1.29, 1.82) is 0 Å². The maximum atomic E-state index is 12.9.